The second kappa shape index (κ2) is 8.64. The lowest BCUT2D eigenvalue weighted by atomic mass is 9.95. The van der Waals surface area contributed by atoms with Gasteiger partial charge < -0.3 is 14.3 Å². The highest BCUT2D eigenvalue weighted by Crippen LogP contribution is 2.34. The van der Waals surface area contributed by atoms with Gasteiger partial charge in [0.2, 0.25) is 0 Å². The Balaban J connectivity index is 2.03. The van der Waals surface area contributed by atoms with Crippen molar-refractivity contribution in [2.45, 2.75) is 6.92 Å². The molecule has 2 amide bonds. The Morgan fingerprint density at radius 1 is 1.29 bits per heavy atom. The molecule has 2 aromatic rings. The van der Waals surface area contributed by atoms with Gasteiger partial charge in [0.1, 0.15) is 23.2 Å². The number of β-amino-alcohol motifs (C(OH)–C–C–N with tert-alkyl or cyclic N) is 1. The molecule has 1 aromatic heterocycles. The summed E-state index contributed by atoms with van der Waals surface area (Å²) in [5.41, 5.74) is 0.274. The molecule has 2 heterocycles. The number of aliphatic hydroxyl groups is 1. The van der Waals surface area contributed by atoms with Gasteiger partial charge in [0.25, 0.3) is 11.8 Å². The number of nitro groups is 1. The summed E-state index contributed by atoms with van der Waals surface area (Å²) in [6, 6.07) is 9.27. The summed E-state index contributed by atoms with van der Waals surface area (Å²) in [6.07, 6.45) is 1.38. The zero-order valence-corrected chi connectivity index (χ0v) is 16.6. The van der Waals surface area contributed by atoms with Crippen molar-refractivity contribution < 1.29 is 28.8 Å². The van der Waals surface area contributed by atoms with Crippen molar-refractivity contribution in [3.05, 3.63) is 62.9 Å². The van der Waals surface area contributed by atoms with Crippen LogP contribution in [0.15, 0.2) is 51.5 Å². The highest BCUT2D eigenvalue weighted by molar-refractivity contribution is 6.19. The zero-order chi connectivity index (χ0) is 22.7. The highest BCUT2D eigenvalue weighted by Gasteiger charge is 2.35. The van der Waals surface area contributed by atoms with Crippen LogP contribution in [-0.4, -0.2) is 47.0 Å². The minimum Gasteiger partial charge on any atom is -0.490 e. The molecule has 0 unspecified atom stereocenters. The lowest BCUT2D eigenvalue weighted by Crippen LogP contribution is -2.44. The maximum atomic E-state index is 12.7. The molecule has 10 heteroatoms. The zero-order valence-electron chi connectivity index (χ0n) is 16.6. The maximum absolute atomic E-state index is 12.7. The number of methoxy groups -OCH3 is 1. The summed E-state index contributed by atoms with van der Waals surface area (Å²) < 4.78 is 10.7. The molecule has 3 rings (SSSR count). The van der Waals surface area contributed by atoms with Gasteiger partial charge in [-0.1, -0.05) is 0 Å². The number of nitro benzene ring substituents is 1. The van der Waals surface area contributed by atoms with Crippen LogP contribution < -0.4 is 4.74 Å². The van der Waals surface area contributed by atoms with Crippen LogP contribution in [0.1, 0.15) is 12.7 Å². The molecule has 0 saturated heterocycles. The predicted molar refractivity (Wildman–Crippen MR) is 107 cm³/mol. The van der Waals surface area contributed by atoms with Crippen molar-refractivity contribution in [1.82, 2.24) is 4.90 Å². The van der Waals surface area contributed by atoms with Gasteiger partial charge in [-0.3, -0.25) is 24.6 Å². The smallest absolute Gasteiger partial charge is 0.311 e. The number of amides is 2. The molecule has 158 valence electrons. The first-order chi connectivity index (χ1) is 14.8. The fourth-order valence-corrected chi connectivity index (χ4v) is 3.15. The van der Waals surface area contributed by atoms with Crippen LogP contribution in [-0.2, 0) is 9.59 Å². The number of benzene rings is 1. The molecule has 0 atom stereocenters. The van der Waals surface area contributed by atoms with E-state index in [-0.39, 0.29) is 40.5 Å². The molecule has 10 nitrogen and oxygen atoms in total. The Bertz CT molecular complexity index is 1180. The predicted octanol–water partition coefficient (Wildman–Crippen LogP) is 2.45. The number of nitriles is 1. The average Bonchev–Trinajstić information content (AvgIpc) is 3.23. The molecule has 0 aliphatic carbocycles. The van der Waals surface area contributed by atoms with E-state index in [2.05, 4.69) is 0 Å². The number of ether oxygens (including phenoxy) is 1. The normalized spacial score (nSPS) is 15.4. The van der Waals surface area contributed by atoms with Gasteiger partial charge in [0, 0.05) is 17.2 Å². The summed E-state index contributed by atoms with van der Waals surface area (Å²) in [7, 11) is 1.33. The maximum Gasteiger partial charge on any atom is 0.311 e. The quantitative estimate of drug-likeness (QED) is 0.322. The number of nitrogens with zero attached hydrogens (tertiary/aromatic N) is 3. The van der Waals surface area contributed by atoms with Crippen LogP contribution in [0.4, 0.5) is 5.69 Å². The van der Waals surface area contributed by atoms with Crippen LogP contribution >= 0.6 is 0 Å². The van der Waals surface area contributed by atoms with Gasteiger partial charge in [0.15, 0.2) is 5.75 Å². The summed E-state index contributed by atoms with van der Waals surface area (Å²) in [5, 5.41) is 29.7. The summed E-state index contributed by atoms with van der Waals surface area (Å²) >= 11 is 0. The molecule has 0 fully saturated rings. The third-order valence-electron chi connectivity index (χ3n) is 4.72. The van der Waals surface area contributed by atoms with Gasteiger partial charge in [-0.2, -0.15) is 5.26 Å². The second-order valence-corrected chi connectivity index (χ2v) is 6.50. The lowest BCUT2D eigenvalue weighted by molar-refractivity contribution is -0.385. The first-order valence-electron chi connectivity index (χ1n) is 9.05. The lowest BCUT2D eigenvalue weighted by Gasteiger charge is -2.26. The standard InChI is InChI=1S/C21H17N3O7/c1-12-15(20(26)23(7-8-25)21(27)16(12)11-22)10-14-4-6-18(31-14)13-3-5-19(30-2)17(9-13)24(28)29/h3-6,9-10,25H,7-8H2,1-2H3/b15-10+. The third kappa shape index (κ3) is 3.94. The summed E-state index contributed by atoms with van der Waals surface area (Å²) in [4.78, 5) is 36.5. The average molecular weight is 423 g/mol. The van der Waals surface area contributed by atoms with Crippen LogP contribution in [0.5, 0.6) is 5.75 Å². The van der Waals surface area contributed by atoms with Crippen LogP contribution in [0.25, 0.3) is 17.4 Å². The molecular formula is C21H17N3O7. The van der Waals surface area contributed by atoms with Gasteiger partial charge in [-0.25, -0.2) is 0 Å². The largest absolute Gasteiger partial charge is 0.490 e. The Kier molecular flexibility index (Phi) is 5.99. The number of carbonyl (C=O) groups excluding carboxylic acids is 2. The van der Waals surface area contributed by atoms with E-state index in [0.29, 0.717) is 11.3 Å². The monoisotopic (exact) mass is 423 g/mol. The topological polar surface area (TPSA) is 147 Å². The van der Waals surface area contributed by atoms with E-state index in [9.17, 15) is 25.0 Å². The van der Waals surface area contributed by atoms with E-state index >= 15 is 0 Å². The van der Waals surface area contributed by atoms with E-state index in [0.717, 1.165) is 4.90 Å². The third-order valence-corrected chi connectivity index (χ3v) is 4.72. The fraction of sp³-hybridized carbons (Fsp3) is 0.190. The molecule has 1 aliphatic heterocycles. The van der Waals surface area contributed by atoms with Gasteiger partial charge in [-0.15, -0.1) is 0 Å². The Morgan fingerprint density at radius 2 is 2.03 bits per heavy atom. The molecule has 1 N–H and O–H groups in total. The first-order valence-corrected chi connectivity index (χ1v) is 9.05. The van der Waals surface area contributed by atoms with Gasteiger partial charge in [-0.05, 0) is 42.8 Å². The van der Waals surface area contributed by atoms with E-state index in [1.165, 1.54) is 32.2 Å². The second-order valence-electron chi connectivity index (χ2n) is 6.50. The highest BCUT2D eigenvalue weighted by atomic mass is 16.6. The molecule has 0 spiro atoms. The Hall–Kier alpha value is -4.23. The number of aliphatic hydroxyl groups excluding tert-OH is 1. The van der Waals surface area contributed by atoms with E-state index in [4.69, 9.17) is 14.3 Å². The van der Waals surface area contributed by atoms with Crippen LogP contribution in [0.3, 0.4) is 0 Å². The molecular weight excluding hydrogens is 406 g/mol. The van der Waals surface area contributed by atoms with Crippen molar-refractivity contribution in [1.29, 1.82) is 5.26 Å². The van der Waals surface area contributed by atoms with Crippen molar-refractivity contribution in [3.8, 4) is 23.1 Å². The first kappa shape index (κ1) is 21.5. The van der Waals surface area contributed by atoms with Gasteiger partial charge in [0.05, 0.1) is 25.2 Å². The van der Waals surface area contributed by atoms with Crippen molar-refractivity contribution in [2.75, 3.05) is 20.3 Å². The fourth-order valence-electron chi connectivity index (χ4n) is 3.15. The van der Waals surface area contributed by atoms with Crippen LogP contribution in [0.2, 0.25) is 0 Å². The number of hydrogen-bond acceptors (Lipinski definition) is 8. The number of hydrogen-bond donors (Lipinski definition) is 1. The van der Waals surface area contributed by atoms with Crippen molar-refractivity contribution in [2.24, 2.45) is 0 Å². The number of rotatable bonds is 6. The number of carbonyl (C=O) groups is 2. The molecule has 31 heavy (non-hydrogen) atoms. The van der Waals surface area contributed by atoms with Crippen molar-refractivity contribution in [3.63, 3.8) is 0 Å². The summed E-state index contributed by atoms with van der Waals surface area (Å²) in [6.45, 7) is 0.795. The van der Waals surface area contributed by atoms with E-state index in [1.54, 1.807) is 24.3 Å². The van der Waals surface area contributed by atoms with Crippen LogP contribution in [0, 0.1) is 21.4 Å². The van der Waals surface area contributed by atoms with E-state index in [1.807, 2.05) is 0 Å². The molecule has 0 bridgehead atoms. The van der Waals surface area contributed by atoms with E-state index < -0.39 is 23.3 Å². The minimum absolute atomic E-state index is 0.0752. The molecule has 0 radical (unpaired) electrons. The molecule has 1 aromatic carbocycles. The molecule has 0 saturated carbocycles. The number of furan rings is 1. The minimum atomic E-state index is -0.762. The number of imide groups is 1. The molecule has 1 aliphatic rings. The van der Waals surface area contributed by atoms with Gasteiger partial charge >= 0.3 is 5.69 Å². The van der Waals surface area contributed by atoms with Crippen molar-refractivity contribution >= 4 is 23.6 Å². The Labute approximate surface area is 176 Å². The Morgan fingerprint density at radius 3 is 2.65 bits per heavy atom. The SMILES string of the molecule is COc1ccc(-c2ccc(/C=C3/C(=O)N(CCO)C(=O)C(C#N)=C3C)o2)cc1[N+](=O)[O-]. The summed E-state index contributed by atoms with van der Waals surface area (Å²) in [5.74, 6) is -0.762.